The van der Waals surface area contributed by atoms with Gasteiger partial charge >= 0.3 is 0 Å². The van der Waals surface area contributed by atoms with Crippen LogP contribution in [0.4, 0.5) is 0 Å². The van der Waals surface area contributed by atoms with Gasteiger partial charge in [-0.15, -0.1) is 37.2 Å². The molecule has 0 amide bonds. The molecule has 2 rings (SSSR count). The highest BCUT2D eigenvalue weighted by Crippen LogP contribution is 2.12. The molecule has 6 heteroatoms. The fourth-order valence-corrected chi connectivity index (χ4v) is 3.02. The molecule has 1 N–H and O–H groups in total. The number of hydrogen-bond donors (Lipinski definition) is 1. The van der Waals surface area contributed by atoms with Crippen molar-refractivity contribution in [1.29, 1.82) is 0 Å². The summed E-state index contributed by atoms with van der Waals surface area (Å²) < 4.78 is 0. The number of piperazine rings is 1. The minimum atomic E-state index is 0. The van der Waals surface area contributed by atoms with Gasteiger partial charge in [-0.1, -0.05) is 44.2 Å². The van der Waals surface area contributed by atoms with Crippen molar-refractivity contribution in [3.05, 3.63) is 35.9 Å². The summed E-state index contributed by atoms with van der Waals surface area (Å²) in [6, 6.07) is 11.6. The van der Waals surface area contributed by atoms with Gasteiger partial charge in [-0.3, -0.25) is 4.90 Å². The maximum absolute atomic E-state index is 3.46. The van der Waals surface area contributed by atoms with Crippen molar-refractivity contribution >= 4 is 37.2 Å². The Hall–Kier alpha value is -0.0300. The molecule has 0 aliphatic carbocycles. The van der Waals surface area contributed by atoms with Crippen molar-refractivity contribution in [3.8, 4) is 0 Å². The van der Waals surface area contributed by atoms with Gasteiger partial charge in [0, 0.05) is 38.8 Å². The number of hydrogen-bond acceptors (Lipinski definition) is 3. The van der Waals surface area contributed by atoms with E-state index in [1.54, 1.807) is 0 Å². The third kappa shape index (κ3) is 8.57. The SMILES string of the molecule is CCN(CC)CC(Cc1ccccc1)N1CCNCC1.Cl.Cl.Cl. The second-order valence-electron chi connectivity index (χ2n) is 5.62. The molecule has 1 aromatic rings. The van der Waals surface area contributed by atoms with E-state index >= 15 is 0 Å². The van der Waals surface area contributed by atoms with Gasteiger partial charge in [0.05, 0.1) is 0 Å². The van der Waals surface area contributed by atoms with Crippen LogP contribution in [0.1, 0.15) is 19.4 Å². The Morgan fingerprint density at radius 1 is 1.00 bits per heavy atom. The molecule has 1 unspecified atom stereocenters. The lowest BCUT2D eigenvalue weighted by atomic mass is 10.0. The number of benzene rings is 1. The van der Waals surface area contributed by atoms with Crippen molar-refractivity contribution in [2.45, 2.75) is 26.3 Å². The first-order valence-corrected chi connectivity index (χ1v) is 8.04. The summed E-state index contributed by atoms with van der Waals surface area (Å²) in [6.07, 6.45) is 1.16. The van der Waals surface area contributed by atoms with Crippen LogP contribution in [0, 0.1) is 0 Å². The first-order chi connectivity index (χ1) is 9.83. The summed E-state index contributed by atoms with van der Waals surface area (Å²) in [5, 5.41) is 3.46. The highest BCUT2D eigenvalue weighted by Gasteiger charge is 2.22. The number of nitrogens with one attached hydrogen (secondary N) is 1. The maximum Gasteiger partial charge on any atom is 0.0264 e. The number of nitrogens with zero attached hydrogens (tertiary/aromatic N) is 2. The molecule has 1 saturated heterocycles. The molecule has 136 valence electrons. The summed E-state index contributed by atoms with van der Waals surface area (Å²) in [7, 11) is 0. The van der Waals surface area contributed by atoms with E-state index in [1.807, 2.05) is 0 Å². The Morgan fingerprint density at radius 2 is 1.57 bits per heavy atom. The summed E-state index contributed by atoms with van der Waals surface area (Å²) in [4.78, 5) is 5.22. The summed E-state index contributed by atoms with van der Waals surface area (Å²) >= 11 is 0. The van der Waals surface area contributed by atoms with Crippen molar-refractivity contribution in [3.63, 3.8) is 0 Å². The third-order valence-corrected chi connectivity index (χ3v) is 4.35. The van der Waals surface area contributed by atoms with Gasteiger partial charge < -0.3 is 10.2 Å². The molecule has 23 heavy (non-hydrogen) atoms. The summed E-state index contributed by atoms with van der Waals surface area (Å²) in [5.74, 6) is 0. The minimum absolute atomic E-state index is 0. The van der Waals surface area contributed by atoms with Gasteiger partial charge in [0.1, 0.15) is 0 Å². The van der Waals surface area contributed by atoms with E-state index < -0.39 is 0 Å². The molecule has 0 spiro atoms. The second-order valence-corrected chi connectivity index (χ2v) is 5.62. The molecule has 3 nitrogen and oxygen atoms in total. The fourth-order valence-electron chi connectivity index (χ4n) is 3.02. The molecular weight excluding hydrogens is 353 g/mol. The average molecular weight is 385 g/mol. The van der Waals surface area contributed by atoms with E-state index in [2.05, 4.69) is 59.3 Å². The average Bonchev–Trinajstić information content (AvgIpc) is 2.53. The smallest absolute Gasteiger partial charge is 0.0264 e. The van der Waals surface area contributed by atoms with Gasteiger partial charge in [0.2, 0.25) is 0 Å². The molecule has 1 aromatic carbocycles. The van der Waals surface area contributed by atoms with Gasteiger partial charge in [0.15, 0.2) is 0 Å². The topological polar surface area (TPSA) is 18.5 Å². The Bertz CT molecular complexity index is 369. The Morgan fingerprint density at radius 3 is 2.09 bits per heavy atom. The molecule has 1 heterocycles. The summed E-state index contributed by atoms with van der Waals surface area (Å²) in [6.45, 7) is 12.6. The minimum Gasteiger partial charge on any atom is -0.314 e. The molecule has 1 atom stereocenters. The predicted molar refractivity (Wildman–Crippen MR) is 108 cm³/mol. The third-order valence-electron chi connectivity index (χ3n) is 4.35. The maximum atomic E-state index is 3.46. The summed E-state index contributed by atoms with van der Waals surface area (Å²) in [5.41, 5.74) is 1.46. The van der Waals surface area contributed by atoms with Crippen molar-refractivity contribution in [2.24, 2.45) is 0 Å². The van der Waals surface area contributed by atoms with Crippen molar-refractivity contribution in [1.82, 2.24) is 15.1 Å². The van der Waals surface area contributed by atoms with E-state index in [9.17, 15) is 0 Å². The van der Waals surface area contributed by atoms with Gasteiger partial charge in [-0.2, -0.15) is 0 Å². The van der Waals surface area contributed by atoms with E-state index in [0.717, 1.165) is 32.6 Å². The molecule has 1 aliphatic heterocycles. The molecule has 0 aromatic heterocycles. The van der Waals surface area contributed by atoms with Crippen molar-refractivity contribution in [2.75, 3.05) is 45.8 Å². The van der Waals surface area contributed by atoms with E-state index in [4.69, 9.17) is 0 Å². The van der Waals surface area contributed by atoms with Crippen LogP contribution in [-0.2, 0) is 6.42 Å². The molecule has 1 fully saturated rings. The standard InChI is InChI=1S/C17H29N3.3ClH/c1-3-19(4-2)15-17(20-12-10-18-11-13-20)14-16-8-6-5-7-9-16;;;/h5-9,17-18H,3-4,10-15H2,1-2H3;3*1H. The largest absolute Gasteiger partial charge is 0.314 e. The lowest BCUT2D eigenvalue weighted by molar-refractivity contribution is 0.128. The Labute approximate surface area is 160 Å². The predicted octanol–water partition coefficient (Wildman–Crippen LogP) is 3.11. The highest BCUT2D eigenvalue weighted by atomic mass is 35.5. The normalized spacial score (nSPS) is 16.0. The van der Waals surface area contributed by atoms with Crippen LogP contribution in [0.25, 0.3) is 0 Å². The lowest BCUT2D eigenvalue weighted by Gasteiger charge is -2.37. The van der Waals surface area contributed by atoms with Crippen LogP contribution in [0.2, 0.25) is 0 Å². The zero-order valence-corrected chi connectivity index (χ0v) is 16.7. The molecule has 1 aliphatic rings. The van der Waals surface area contributed by atoms with Crippen LogP contribution in [-0.4, -0.2) is 61.7 Å². The second kappa shape index (κ2) is 14.3. The quantitative estimate of drug-likeness (QED) is 0.779. The van der Waals surface area contributed by atoms with Gasteiger partial charge in [0.25, 0.3) is 0 Å². The highest BCUT2D eigenvalue weighted by molar-refractivity contribution is 5.86. The fraction of sp³-hybridized carbons (Fsp3) is 0.647. The van der Waals surface area contributed by atoms with E-state index in [0.29, 0.717) is 6.04 Å². The van der Waals surface area contributed by atoms with Crippen LogP contribution >= 0.6 is 37.2 Å². The van der Waals surface area contributed by atoms with Crippen molar-refractivity contribution < 1.29 is 0 Å². The number of rotatable bonds is 7. The van der Waals surface area contributed by atoms with Gasteiger partial charge in [-0.05, 0) is 25.1 Å². The number of likely N-dealkylation sites (N-methyl/N-ethyl adjacent to an activating group) is 1. The van der Waals surface area contributed by atoms with E-state index in [1.165, 1.54) is 25.2 Å². The Balaban J connectivity index is 0. The molecular formula is C17H32Cl3N3. The number of halogens is 3. The van der Waals surface area contributed by atoms with Gasteiger partial charge in [-0.25, -0.2) is 0 Å². The first-order valence-electron chi connectivity index (χ1n) is 8.04. The van der Waals surface area contributed by atoms with Crippen LogP contribution in [0.3, 0.4) is 0 Å². The lowest BCUT2D eigenvalue weighted by Crippen LogP contribution is -2.52. The first kappa shape index (κ1) is 25.2. The Kier molecular flexibility index (Phi) is 15.7. The zero-order valence-electron chi connectivity index (χ0n) is 14.2. The van der Waals surface area contributed by atoms with Crippen LogP contribution in [0.5, 0.6) is 0 Å². The van der Waals surface area contributed by atoms with Crippen LogP contribution < -0.4 is 5.32 Å². The zero-order chi connectivity index (χ0) is 14.2. The molecule has 0 radical (unpaired) electrons. The van der Waals surface area contributed by atoms with E-state index in [-0.39, 0.29) is 37.2 Å². The molecule has 0 saturated carbocycles. The monoisotopic (exact) mass is 383 g/mol. The molecule has 0 bridgehead atoms. The van der Waals surface area contributed by atoms with Crippen LogP contribution in [0.15, 0.2) is 30.3 Å².